The predicted octanol–water partition coefficient (Wildman–Crippen LogP) is 5.44. The van der Waals surface area contributed by atoms with Gasteiger partial charge in [0.05, 0.1) is 17.6 Å². The van der Waals surface area contributed by atoms with Crippen molar-refractivity contribution in [2.75, 3.05) is 13.1 Å². The highest BCUT2D eigenvalue weighted by Crippen LogP contribution is 2.29. The van der Waals surface area contributed by atoms with Crippen molar-refractivity contribution in [2.45, 2.75) is 39.3 Å². The molecule has 32 heavy (non-hydrogen) atoms. The molecule has 1 amide bonds. The van der Waals surface area contributed by atoms with Gasteiger partial charge in [0.15, 0.2) is 0 Å². The molecule has 1 unspecified atom stereocenters. The van der Waals surface area contributed by atoms with Gasteiger partial charge in [0.2, 0.25) is 17.6 Å². The second kappa shape index (κ2) is 10.0. The maximum absolute atomic E-state index is 12.7. The summed E-state index contributed by atoms with van der Waals surface area (Å²) in [5.41, 5.74) is 3.02. The number of likely N-dealkylation sites (tertiary alicyclic amines) is 1. The van der Waals surface area contributed by atoms with Gasteiger partial charge < -0.3 is 9.84 Å². The van der Waals surface area contributed by atoms with Crippen LogP contribution in [0.5, 0.6) is 0 Å². The zero-order valence-electron chi connectivity index (χ0n) is 18.1. The van der Waals surface area contributed by atoms with Gasteiger partial charge in [-0.2, -0.15) is 4.98 Å². The molecule has 4 rings (SSSR count). The second-order valence-corrected chi connectivity index (χ2v) is 9.17. The van der Waals surface area contributed by atoms with Gasteiger partial charge in [0, 0.05) is 16.5 Å². The molecule has 2 aromatic carbocycles. The average molecular weight is 473 g/mol. The van der Waals surface area contributed by atoms with Crippen LogP contribution in [-0.4, -0.2) is 34.0 Å². The van der Waals surface area contributed by atoms with Crippen LogP contribution in [0.3, 0.4) is 0 Å². The molecule has 168 valence electrons. The van der Waals surface area contributed by atoms with Crippen LogP contribution in [0, 0.1) is 12.8 Å². The normalized spacial score (nSPS) is 16.1. The molecule has 1 saturated heterocycles. The average Bonchev–Trinajstić information content (AvgIpc) is 3.22. The van der Waals surface area contributed by atoms with Gasteiger partial charge >= 0.3 is 0 Å². The van der Waals surface area contributed by atoms with Gasteiger partial charge in [-0.25, -0.2) is 0 Å². The second-order valence-electron chi connectivity index (χ2n) is 8.33. The van der Waals surface area contributed by atoms with Crippen LogP contribution in [0.15, 0.2) is 47.0 Å². The number of nitrogens with zero attached hydrogens (tertiary/aromatic N) is 3. The van der Waals surface area contributed by atoms with Gasteiger partial charge in [-0.05, 0) is 63.5 Å². The maximum atomic E-state index is 12.7. The van der Waals surface area contributed by atoms with Gasteiger partial charge in [-0.15, -0.1) is 0 Å². The number of piperidine rings is 1. The number of aromatic nitrogens is 2. The van der Waals surface area contributed by atoms with Crippen molar-refractivity contribution >= 4 is 29.1 Å². The molecule has 1 atom stereocenters. The van der Waals surface area contributed by atoms with Crippen molar-refractivity contribution in [3.05, 3.63) is 69.5 Å². The van der Waals surface area contributed by atoms with E-state index >= 15 is 0 Å². The molecular formula is C24H26Cl2N4O2. The minimum atomic E-state index is -0.00219. The Morgan fingerprint density at radius 3 is 2.59 bits per heavy atom. The van der Waals surface area contributed by atoms with E-state index in [9.17, 15) is 4.79 Å². The van der Waals surface area contributed by atoms with Crippen LogP contribution in [0.4, 0.5) is 0 Å². The fourth-order valence-electron chi connectivity index (χ4n) is 3.91. The molecule has 1 aromatic heterocycles. The number of aryl methyl sites for hydroxylation is 1. The standard InChI is InChI=1S/C24H26Cl2N4O2/c1-15-3-5-17(6-4-15)16(2)27-24(31)18-9-11-30(12-10-18)14-22-28-23(29-32-22)20-8-7-19(25)13-21(20)26/h3-8,13,16,18H,9-12,14H2,1-2H3,(H,27,31). The van der Waals surface area contributed by atoms with Crippen LogP contribution in [0.25, 0.3) is 11.4 Å². The summed E-state index contributed by atoms with van der Waals surface area (Å²) in [7, 11) is 0. The zero-order valence-corrected chi connectivity index (χ0v) is 19.7. The third-order valence-corrected chi connectivity index (χ3v) is 6.44. The first kappa shape index (κ1) is 22.8. The summed E-state index contributed by atoms with van der Waals surface area (Å²) in [4.78, 5) is 19.4. The Morgan fingerprint density at radius 2 is 1.91 bits per heavy atom. The number of amides is 1. The number of carbonyl (C=O) groups is 1. The first-order chi connectivity index (χ1) is 15.4. The Morgan fingerprint density at radius 1 is 1.19 bits per heavy atom. The third kappa shape index (κ3) is 5.49. The highest BCUT2D eigenvalue weighted by molar-refractivity contribution is 6.36. The van der Waals surface area contributed by atoms with Crippen LogP contribution in [0.1, 0.15) is 42.8 Å². The van der Waals surface area contributed by atoms with Gasteiger partial charge in [0.25, 0.3) is 0 Å². The molecule has 0 aliphatic carbocycles. The quantitative estimate of drug-likeness (QED) is 0.516. The Bertz CT molecular complexity index is 1080. The Balaban J connectivity index is 1.28. The fourth-order valence-corrected chi connectivity index (χ4v) is 4.41. The van der Waals surface area contributed by atoms with Gasteiger partial charge in [0.1, 0.15) is 0 Å². The largest absolute Gasteiger partial charge is 0.349 e. The summed E-state index contributed by atoms with van der Waals surface area (Å²) < 4.78 is 5.42. The number of carbonyl (C=O) groups excluding carboxylic acids is 1. The highest BCUT2D eigenvalue weighted by atomic mass is 35.5. The molecule has 1 N–H and O–H groups in total. The smallest absolute Gasteiger partial charge is 0.241 e. The van der Waals surface area contributed by atoms with Crippen molar-refractivity contribution in [1.29, 1.82) is 0 Å². The van der Waals surface area contributed by atoms with Crippen LogP contribution in [-0.2, 0) is 11.3 Å². The minimum absolute atomic E-state index is 0.00219. The number of halogens is 2. The van der Waals surface area contributed by atoms with E-state index in [1.165, 1.54) is 5.56 Å². The molecule has 0 spiro atoms. The summed E-state index contributed by atoms with van der Waals surface area (Å²) in [6.07, 6.45) is 1.60. The summed E-state index contributed by atoms with van der Waals surface area (Å²) in [6.45, 7) is 6.24. The number of benzene rings is 2. The van der Waals surface area contributed by atoms with Crippen molar-refractivity contribution in [3.8, 4) is 11.4 Å². The summed E-state index contributed by atoms with van der Waals surface area (Å²) in [5.74, 6) is 1.11. The molecule has 0 saturated carbocycles. The lowest BCUT2D eigenvalue weighted by atomic mass is 9.95. The van der Waals surface area contributed by atoms with Crippen LogP contribution < -0.4 is 5.32 Å². The van der Waals surface area contributed by atoms with Crippen molar-refractivity contribution < 1.29 is 9.32 Å². The number of hydrogen-bond donors (Lipinski definition) is 1. The first-order valence-electron chi connectivity index (χ1n) is 10.8. The number of nitrogens with one attached hydrogen (secondary N) is 1. The lowest BCUT2D eigenvalue weighted by Gasteiger charge is -2.30. The van der Waals surface area contributed by atoms with Gasteiger partial charge in [-0.3, -0.25) is 9.69 Å². The molecular weight excluding hydrogens is 447 g/mol. The number of rotatable bonds is 6. The SMILES string of the molecule is Cc1ccc(C(C)NC(=O)C2CCN(Cc3nc(-c4ccc(Cl)cc4Cl)no3)CC2)cc1. The number of hydrogen-bond acceptors (Lipinski definition) is 5. The lowest BCUT2D eigenvalue weighted by Crippen LogP contribution is -2.40. The molecule has 8 heteroatoms. The summed E-state index contributed by atoms with van der Waals surface area (Å²) in [6, 6.07) is 13.5. The summed E-state index contributed by atoms with van der Waals surface area (Å²) in [5, 5.41) is 8.25. The third-order valence-electron chi connectivity index (χ3n) is 5.89. The minimum Gasteiger partial charge on any atom is -0.349 e. The van der Waals surface area contributed by atoms with E-state index < -0.39 is 0 Å². The lowest BCUT2D eigenvalue weighted by molar-refractivity contribution is -0.127. The fraction of sp³-hybridized carbons (Fsp3) is 0.375. The van der Waals surface area contributed by atoms with E-state index in [1.54, 1.807) is 18.2 Å². The van der Waals surface area contributed by atoms with E-state index in [-0.39, 0.29) is 17.9 Å². The molecule has 6 nitrogen and oxygen atoms in total. The molecule has 2 heterocycles. The van der Waals surface area contributed by atoms with E-state index in [4.69, 9.17) is 27.7 Å². The van der Waals surface area contributed by atoms with Gasteiger partial charge in [-0.1, -0.05) is 58.2 Å². The molecule has 1 fully saturated rings. The molecule has 0 radical (unpaired) electrons. The van der Waals surface area contributed by atoms with Crippen LogP contribution >= 0.6 is 23.2 Å². The van der Waals surface area contributed by atoms with E-state index in [1.807, 2.05) is 6.92 Å². The summed E-state index contributed by atoms with van der Waals surface area (Å²) >= 11 is 12.2. The molecule has 0 bridgehead atoms. The van der Waals surface area contributed by atoms with Crippen LogP contribution in [0.2, 0.25) is 10.0 Å². The van der Waals surface area contributed by atoms with E-state index in [2.05, 4.69) is 51.5 Å². The van der Waals surface area contributed by atoms with E-state index in [0.717, 1.165) is 31.5 Å². The topological polar surface area (TPSA) is 71.3 Å². The Hall–Kier alpha value is -2.41. The van der Waals surface area contributed by atoms with Crippen molar-refractivity contribution in [3.63, 3.8) is 0 Å². The highest BCUT2D eigenvalue weighted by Gasteiger charge is 2.27. The molecule has 1 aliphatic heterocycles. The monoisotopic (exact) mass is 472 g/mol. The van der Waals surface area contributed by atoms with Crippen molar-refractivity contribution in [2.24, 2.45) is 5.92 Å². The molecule has 1 aliphatic rings. The Labute approximate surface area is 197 Å². The predicted molar refractivity (Wildman–Crippen MR) is 125 cm³/mol. The first-order valence-corrected chi connectivity index (χ1v) is 11.5. The van der Waals surface area contributed by atoms with Crippen molar-refractivity contribution in [1.82, 2.24) is 20.4 Å². The Kier molecular flexibility index (Phi) is 7.13. The molecule has 3 aromatic rings. The maximum Gasteiger partial charge on any atom is 0.241 e. The zero-order chi connectivity index (χ0) is 22.7. The van der Waals surface area contributed by atoms with E-state index in [0.29, 0.717) is 33.9 Å².